The Hall–Kier alpha value is -2.33. The molecule has 0 aromatic heterocycles. The van der Waals surface area contributed by atoms with Crippen molar-refractivity contribution in [2.75, 3.05) is 7.05 Å². The molecule has 1 aliphatic carbocycles. The molecular weight excluding hydrogens is 348 g/mol. The van der Waals surface area contributed by atoms with E-state index in [-0.39, 0.29) is 18.2 Å². The number of hydrogen-bond donors (Lipinski definition) is 1. The lowest BCUT2D eigenvalue weighted by Gasteiger charge is -2.35. The van der Waals surface area contributed by atoms with Crippen LogP contribution in [0.5, 0.6) is 0 Å². The molecule has 1 N–H and O–H groups in total. The first-order valence-electron chi connectivity index (χ1n) is 8.92. The minimum atomic E-state index is -0.394. The number of carbonyl (C=O) groups excluding carboxylic acids is 2. The second-order valence-corrected chi connectivity index (χ2v) is 7.12. The van der Waals surface area contributed by atoms with E-state index in [0.29, 0.717) is 16.6 Å². The normalized spacial score (nSPS) is 15.0. The van der Waals surface area contributed by atoms with Crippen LogP contribution in [0.15, 0.2) is 54.6 Å². The van der Waals surface area contributed by atoms with E-state index in [1.165, 1.54) is 6.42 Å². The number of amides is 2. The lowest BCUT2D eigenvalue weighted by atomic mass is 9.91. The summed E-state index contributed by atoms with van der Waals surface area (Å²) in [5.74, 6) is -0.230. The summed E-state index contributed by atoms with van der Waals surface area (Å²) >= 11 is 6.14. The van der Waals surface area contributed by atoms with E-state index >= 15 is 0 Å². The van der Waals surface area contributed by atoms with Crippen LogP contribution in [0.2, 0.25) is 5.02 Å². The van der Waals surface area contributed by atoms with Crippen LogP contribution >= 0.6 is 11.6 Å². The molecule has 1 fully saturated rings. The Kier molecular flexibility index (Phi) is 5.94. The highest BCUT2D eigenvalue weighted by molar-refractivity contribution is 6.33. The minimum Gasteiger partial charge on any atom is -0.345 e. The van der Waals surface area contributed by atoms with Crippen molar-refractivity contribution in [1.82, 2.24) is 10.2 Å². The van der Waals surface area contributed by atoms with Crippen LogP contribution in [0.25, 0.3) is 0 Å². The van der Waals surface area contributed by atoms with Gasteiger partial charge in [0.15, 0.2) is 0 Å². The summed E-state index contributed by atoms with van der Waals surface area (Å²) in [7, 11) is 1.85. The number of nitrogens with one attached hydrogen (secondary N) is 1. The number of halogens is 1. The van der Waals surface area contributed by atoms with Gasteiger partial charge in [0, 0.05) is 13.1 Å². The van der Waals surface area contributed by atoms with Crippen LogP contribution in [0.1, 0.15) is 47.6 Å². The fraction of sp³-hybridized carbons (Fsp3) is 0.333. The summed E-state index contributed by atoms with van der Waals surface area (Å²) in [5.41, 5.74) is 1.32. The second-order valence-electron chi connectivity index (χ2n) is 6.71. The lowest BCUT2D eigenvalue weighted by Crippen LogP contribution is -2.43. The zero-order valence-electron chi connectivity index (χ0n) is 14.8. The smallest absolute Gasteiger partial charge is 0.253 e. The second kappa shape index (κ2) is 8.37. The van der Waals surface area contributed by atoms with Gasteiger partial charge in [-0.1, -0.05) is 54.1 Å². The highest BCUT2D eigenvalue weighted by Crippen LogP contribution is 2.26. The van der Waals surface area contributed by atoms with Crippen LogP contribution in [0, 0.1) is 0 Å². The van der Waals surface area contributed by atoms with Gasteiger partial charge in [-0.2, -0.15) is 0 Å². The van der Waals surface area contributed by atoms with Crippen LogP contribution in [0.3, 0.4) is 0 Å². The minimum absolute atomic E-state index is 0.0445. The Bertz CT molecular complexity index is 775. The number of hydrogen-bond acceptors (Lipinski definition) is 2. The van der Waals surface area contributed by atoms with Crippen molar-refractivity contribution in [1.29, 1.82) is 0 Å². The SMILES string of the molecule is CN(C(=O)C[C@@H](NC(=O)c1ccccc1Cl)c1ccccc1)C1CCC1. The standard InChI is InChI=1S/C21H23ClN2O2/c1-24(16-10-7-11-16)20(25)14-19(15-8-3-2-4-9-15)23-21(26)17-12-5-6-13-18(17)22/h2-6,8-9,12-13,16,19H,7,10-11,14H2,1H3,(H,23,26)/t19-/m1/s1. The van der Waals surface area contributed by atoms with E-state index in [0.717, 1.165) is 18.4 Å². The molecule has 0 spiro atoms. The fourth-order valence-corrected chi connectivity index (χ4v) is 3.34. The van der Waals surface area contributed by atoms with Crippen molar-refractivity contribution in [2.24, 2.45) is 0 Å². The van der Waals surface area contributed by atoms with E-state index in [4.69, 9.17) is 11.6 Å². The van der Waals surface area contributed by atoms with Crippen molar-refractivity contribution < 1.29 is 9.59 Å². The largest absolute Gasteiger partial charge is 0.345 e. The molecule has 0 heterocycles. The van der Waals surface area contributed by atoms with Crippen LogP contribution in [-0.4, -0.2) is 29.8 Å². The van der Waals surface area contributed by atoms with Crippen LogP contribution in [-0.2, 0) is 4.79 Å². The van der Waals surface area contributed by atoms with Crippen LogP contribution < -0.4 is 5.32 Å². The Morgan fingerprint density at radius 3 is 2.38 bits per heavy atom. The van der Waals surface area contributed by atoms with Crippen molar-refractivity contribution >= 4 is 23.4 Å². The summed E-state index contributed by atoms with van der Waals surface area (Å²) in [6.07, 6.45) is 3.52. The monoisotopic (exact) mass is 370 g/mol. The molecule has 136 valence electrons. The molecule has 1 atom stereocenters. The first-order chi connectivity index (χ1) is 12.6. The lowest BCUT2D eigenvalue weighted by molar-refractivity contribution is -0.134. The number of nitrogens with zero attached hydrogens (tertiary/aromatic N) is 1. The Labute approximate surface area is 159 Å². The highest BCUT2D eigenvalue weighted by atomic mass is 35.5. The van der Waals surface area contributed by atoms with Gasteiger partial charge in [0.25, 0.3) is 5.91 Å². The van der Waals surface area contributed by atoms with Gasteiger partial charge in [-0.15, -0.1) is 0 Å². The maximum absolute atomic E-state index is 12.7. The number of benzene rings is 2. The van der Waals surface area contributed by atoms with E-state index in [2.05, 4.69) is 5.32 Å². The quantitative estimate of drug-likeness (QED) is 0.827. The zero-order chi connectivity index (χ0) is 18.5. The van der Waals surface area contributed by atoms with Gasteiger partial charge < -0.3 is 10.2 Å². The molecule has 0 radical (unpaired) electrons. The first kappa shape index (κ1) is 18.5. The average molecular weight is 371 g/mol. The molecule has 0 aliphatic heterocycles. The molecule has 0 saturated heterocycles. The molecule has 4 nitrogen and oxygen atoms in total. The molecule has 2 amide bonds. The molecule has 0 bridgehead atoms. The van der Waals surface area contributed by atoms with Gasteiger partial charge in [-0.3, -0.25) is 9.59 Å². The molecule has 1 saturated carbocycles. The summed E-state index contributed by atoms with van der Waals surface area (Å²) in [6.45, 7) is 0. The highest BCUT2D eigenvalue weighted by Gasteiger charge is 2.28. The van der Waals surface area contributed by atoms with Crippen LogP contribution in [0.4, 0.5) is 0 Å². The van der Waals surface area contributed by atoms with Gasteiger partial charge in [0.2, 0.25) is 5.91 Å². The molecular formula is C21H23ClN2O2. The third-order valence-corrected chi connectivity index (χ3v) is 5.35. The van der Waals surface area contributed by atoms with E-state index < -0.39 is 6.04 Å². The van der Waals surface area contributed by atoms with Crippen molar-refractivity contribution in [2.45, 2.75) is 37.8 Å². The third kappa shape index (κ3) is 4.25. The Morgan fingerprint density at radius 1 is 1.12 bits per heavy atom. The van der Waals surface area contributed by atoms with Gasteiger partial charge >= 0.3 is 0 Å². The Morgan fingerprint density at radius 2 is 1.77 bits per heavy atom. The third-order valence-electron chi connectivity index (χ3n) is 5.02. The summed E-state index contributed by atoms with van der Waals surface area (Å²) < 4.78 is 0. The topological polar surface area (TPSA) is 49.4 Å². The summed E-state index contributed by atoms with van der Waals surface area (Å²) in [5, 5.41) is 3.38. The van der Waals surface area contributed by atoms with E-state index in [1.54, 1.807) is 24.3 Å². The first-order valence-corrected chi connectivity index (χ1v) is 9.30. The predicted octanol–water partition coefficient (Wildman–Crippen LogP) is 4.21. The molecule has 0 unspecified atom stereocenters. The summed E-state index contributed by atoms with van der Waals surface area (Å²) in [4.78, 5) is 27.2. The van der Waals surface area contributed by atoms with E-state index in [9.17, 15) is 9.59 Å². The molecule has 26 heavy (non-hydrogen) atoms. The Balaban J connectivity index is 1.76. The number of carbonyl (C=O) groups is 2. The molecule has 2 aromatic rings. The molecule has 5 heteroatoms. The molecule has 3 rings (SSSR count). The van der Waals surface area contributed by atoms with Crippen molar-refractivity contribution in [3.63, 3.8) is 0 Å². The van der Waals surface area contributed by atoms with Crippen molar-refractivity contribution in [3.05, 3.63) is 70.7 Å². The van der Waals surface area contributed by atoms with Gasteiger partial charge in [0.1, 0.15) is 0 Å². The zero-order valence-corrected chi connectivity index (χ0v) is 15.6. The number of rotatable bonds is 6. The maximum Gasteiger partial charge on any atom is 0.253 e. The van der Waals surface area contributed by atoms with E-state index in [1.807, 2.05) is 42.3 Å². The average Bonchev–Trinajstić information content (AvgIpc) is 2.60. The van der Waals surface area contributed by atoms with Crippen molar-refractivity contribution in [3.8, 4) is 0 Å². The summed E-state index contributed by atoms with van der Waals surface area (Å²) in [6, 6.07) is 16.4. The van der Waals surface area contributed by atoms with Gasteiger partial charge in [-0.25, -0.2) is 0 Å². The molecule has 1 aliphatic rings. The van der Waals surface area contributed by atoms with Gasteiger partial charge in [0.05, 0.1) is 23.0 Å². The maximum atomic E-state index is 12.7. The fourth-order valence-electron chi connectivity index (χ4n) is 3.12. The van der Waals surface area contributed by atoms with Gasteiger partial charge in [-0.05, 0) is 37.0 Å². The molecule has 2 aromatic carbocycles. The predicted molar refractivity (Wildman–Crippen MR) is 103 cm³/mol.